The first-order chi connectivity index (χ1) is 12.6. The lowest BCUT2D eigenvalue weighted by atomic mass is 10.0. The first-order valence-electron chi connectivity index (χ1n) is 8.29. The van der Waals surface area contributed by atoms with Gasteiger partial charge in [-0.05, 0) is 47.0 Å². The Kier molecular flexibility index (Phi) is 5.16. The van der Waals surface area contributed by atoms with Crippen molar-refractivity contribution in [3.8, 4) is 6.07 Å². The van der Waals surface area contributed by atoms with Crippen LogP contribution in [0.15, 0.2) is 60.7 Å². The smallest absolute Gasteiger partial charge is 0.319 e. The molecule has 1 atom stereocenters. The summed E-state index contributed by atoms with van der Waals surface area (Å²) in [5.41, 5.74) is 2.64. The van der Waals surface area contributed by atoms with E-state index in [0.717, 1.165) is 21.9 Å². The van der Waals surface area contributed by atoms with Crippen LogP contribution in [0, 0.1) is 18.3 Å². The Morgan fingerprint density at radius 3 is 2.65 bits per heavy atom. The maximum Gasteiger partial charge on any atom is 0.319 e. The molecule has 0 spiro atoms. The van der Waals surface area contributed by atoms with Crippen LogP contribution in [0.2, 0.25) is 0 Å². The number of amides is 2. The van der Waals surface area contributed by atoms with Gasteiger partial charge in [0, 0.05) is 12.2 Å². The van der Waals surface area contributed by atoms with Crippen LogP contribution in [0.25, 0.3) is 10.8 Å². The van der Waals surface area contributed by atoms with Crippen LogP contribution in [0.3, 0.4) is 0 Å². The van der Waals surface area contributed by atoms with E-state index in [-0.39, 0.29) is 6.54 Å². The summed E-state index contributed by atoms with van der Waals surface area (Å²) < 4.78 is 0. The van der Waals surface area contributed by atoms with Crippen LogP contribution in [0.1, 0.15) is 22.8 Å². The number of benzene rings is 3. The van der Waals surface area contributed by atoms with Gasteiger partial charge in [0.15, 0.2) is 0 Å². The van der Waals surface area contributed by atoms with Crippen LogP contribution < -0.4 is 10.6 Å². The highest BCUT2D eigenvalue weighted by Crippen LogP contribution is 2.20. The SMILES string of the molecule is Cc1ccc(C#N)cc1NC(=O)NCC(O)c1ccc2ccccc2c1. The van der Waals surface area contributed by atoms with Crippen molar-refractivity contribution in [2.24, 2.45) is 0 Å². The number of carbonyl (C=O) groups is 1. The van der Waals surface area contributed by atoms with Crippen molar-refractivity contribution in [2.45, 2.75) is 13.0 Å². The third-order valence-corrected chi connectivity index (χ3v) is 4.23. The third kappa shape index (κ3) is 4.00. The molecular weight excluding hydrogens is 326 g/mol. The molecule has 0 saturated carbocycles. The Morgan fingerprint density at radius 2 is 1.88 bits per heavy atom. The molecule has 0 radical (unpaired) electrons. The van der Waals surface area contributed by atoms with Crippen LogP contribution in [0.4, 0.5) is 10.5 Å². The number of aryl methyl sites for hydroxylation is 1. The molecule has 3 N–H and O–H groups in total. The van der Waals surface area contributed by atoms with Crippen LogP contribution in [0.5, 0.6) is 0 Å². The van der Waals surface area contributed by atoms with Crippen molar-refractivity contribution in [3.05, 3.63) is 77.4 Å². The maximum absolute atomic E-state index is 12.1. The first kappa shape index (κ1) is 17.5. The molecule has 0 heterocycles. The molecule has 130 valence electrons. The predicted molar refractivity (Wildman–Crippen MR) is 102 cm³/mol. The van der Waals surface area contributed by atoms with E-state index in [1.54, 1.807) is 18.2 Å². The highest BCUT2D eigenvalue weighted by molar-refractivity contribution is 5.90. The molecule has 0 aromatic heterocycles. The fraction of sp³-hybridized carbons (Fsp3) is 0.143. The Bertz CT molecular complexity index is 992. The molecule has 0 aliphatic rings. The fourth-order valence-electron chi connectivity index (χ4n) is 2.72. The summed E-state index contributed by atoms with van der Waals surface area (Å²) in [5.74, 6) is 0. The molecule has 0 saturated heterocycles. The second-order valence-electron chi connectivity index (χ2n) is 6.10. The van der Waals surface area contributed by atoms with Gasteiger partial charge in [0.25, 0.3) is 0 Å². The monoisotopic (exact) mass is 345 g/mol. The molecule has 0 fully saturated rings. The van der Waals surface area contributed by atoms with E-state index in [9.17, 15) is 9.90 Å². The Balaban J connectivity index is 1.62. The summed E-state index contributed by atoms with van der Waals surface area (Å²) in [4.78, 5) is 12.1. The lowest BCUT2D eigenvalue weighted by Gasteiger charge is -2.14. The quantitative estimate of drug-likeness (QED) is 0.671. The highest BCUT2D eigenvalue weighted by Gasteiger charge is 2.11. The zero-order valence-electron chi connectivity index (χ0n) is 14.4. The zero-order valence-corrected chi connectivity index (χ0v) is 14.4. The van der Waals surface area contributed by atoms with E-state index in [2.05, 4.69) is 10.6 Å². The predicted octanol–water partition coefficient (Wildman–Crippen LogP) is 3.88. The van der Waals surface area contributed by atoms with Gasteiger partial charge in [-0.1, -0.05) is 42.5 Å². The largest absolute Gasteiger partial charge is 0.387 e. The number of nitrogens with zero attached hydrogens (tertiary/aromatic N) is 1. The summed E-state index contributed by atoms with van der Waals surface area (Å²) >= 11 is 0. The molecule has 3 aromatic carbocycles. The molecule has 0 aliphatic carbocycles. The minimum Gasteiger partial charge on any atom is -0.387 e. The number of fused-ring (bicyclic) bond motifs is 1. The number of rotatable bonds is 4. The van der Waals surface area contributed by atoms with E-state index >= 15 is 0 Å². The minimum absolute atomic E-state index is 0.0845. The number of urea groups is 1. The lowest BCUT2D eigenvalue weighted by Crippen LogP contribution is -2.32. The molecule has 1 unspecified atom stereocenters. The summed E-state index contributed by atoms with van der Waals surface area (Å²) in [6.07, 6.45) is -0.808. The van der Waals surface area contributed by atoms with Gasteiger partial charge in [-0.2, -0.15) is 5.26 Å². The van der Waals surface area contributed by atoms with E-state index in [0.29, 0.717) is 11.3 Å². The Hall–Kier alpha value is -3.36. The van der Waals surface area contributed by atoms with Crippen molar-refractivity contribution < 1.29 is 9.90 Å². The van der Waals surface area contributed by atoms with Gasteiger partial charge in [0.1, 0.15) is 0 Å². The van der Waals surface area contributed by atoms with Gasteiger partial charge in [-0.25, -0.2) is 4.79 Å². The number of hydrogen-bond acceptors (Lipinski definition) is 3. The molecule has 3 rings (SSSR count). The van der Waals surface area contributed by atoms with Gasteiger partial charge in [0.2, 0.25) is 0 Å². The van der Waals surface area contributed by atoms with Crippen LogP contribution in [-0.2, 0) is 0 Å². The summed E-state index contributed by atoms with van der Waals surface area (Å²) in [5, 5.41) is 26.8. The van der Waals surface area contributed by atoms with Gasteiger partial charge < -0.3 is 15.7 Å². The topological polar surface area (TPSA) is 85.2 Å². The van der Waals surface area contributed by atoms with Crippen molar-refractivity contribution in [3.63, 3.8) is 0 Å². The second-order valence-corrected chi connectivity index (χ2v) is 6.10. The van der Waals surface area contributed by atoms with E-state index < -0.39 is 12.1 Å². The molecule has 5 heteroatoms. The van der Waals surface area contributed by atoms with Crippen molar-refractivity contribution in [1.29, 1.82) is 5.26 Å². The van der Waals surface area contributed by atoms with Gasteiger partial charge in [-0.15, -0.1) is 0 Å². The molecule has 0 aliphatic heterocycles. The van der Waals surface area contributed by atoms with Crippen molar-refractivity contribution >= 4 is 22.5 Å². The van der Waals surface area contributed by atoms with E-state index in [1.165, 1.54) is 0 Å². The molecular formula is C21H19N3O2. The number of aliphatic hydroxyl groups is 1. The van der Waals surface area contributed by atoms with Crippen LogP contribution in [-0.4, -0.2) is 17.7 Å². The van der Waals surface area contributed by atoms with Gasteiger partial charge in [0.05, 0.1) is 17.7 Å². The molecule has 3 aromatic rings. The standard InChI is InChI=1S/C21H19N3O2/c1-14-6-7-15(12-22)10-19(14)24-21(26)23-13-20(25)18-9-8-16-4-2-3-5-17(16)11-18/h2-11,20,25H,13H2,1H3,(H2,23,24,26). The maximum atomic E-state index is 12.1. The average Bonchev–Trinajstić information content (AvgIpc) is 2.67. The lowest BCUT2D eigenvalue weighted by molar-refractivity contribution is 0.175. The van der Waals surface area contributed by atoms with E-state index in [4.69, 9.17) is 5.26 Å². The minimum atomic E-state index is -0.808. The molecule has 5 nitrogen and oxygen atoms in total. The second kappa shape index (κ2) is 7.68. The first-order valence-corrected chi connectivity index (χ1v) is 8.29. The van der Waals surface area contributed by atoms with Gasteiger partial charge in [-0.3, -0.25) is 0 Å². The summed E-state index contributed by atoms with van der Waals surface area (Å²) in [7, 11) is 0. The average molecular weight is 345 g/mol. The van der Waals surface area contributed by atoms with Gasteiger partial charge >= 0.3 is 6.03 Å². The summed E-state index contributed by atoms with van der Waals surface area (Å²) in [6.45, 7) is 1.93. The molecule has 26 heavy (non-hydrogen) atoms. The Labute approximate surface area is 151 Å². The van der Waals surface area contributed by atoms with Crippen LogP contribution >= 0.6 is 0 Å². The number of hydrogen-bond donors (Lipinski definition) is 3. The number of carbonyl (C=O) groups excluding carboxylic acids is 1. The molecule has 2 amide bonds. The normalized spacial score (nSPS) is 11.6. The molecule has 0 bridgehead atoms. The third-order valence-electron chi connectivity index (χ3n) is 4.23. The summed E-state index contributed by atoms with van der Waals surface area (Å²) in [6, 6.07) is 20.3. The fourth-order valence-corrected chi connectivity index (χ4v) is 2.72. The Morgan fingerprint density at radius 1 is 1.12 bits per heavy atom. The van der Waals surface area contributed by atoms with Crippen molar-refractivity contribution in [2.75, 3.05) is 11.9 Å². The zero-order chi connectivity index (χ0) is 18.5. The van der Waals surface area contributed by atoms with E-state index in [1.807, 2.05) is 55.5 Å². The number of nitrogens with one attached hydrogen (secondary N) is 2. The number of nitriles is 1. The number of anilines is 1. The van der Waals surface area contributed by atoms with Crippen molar-refractivity contribution in [1.82, 2.24) is 5.32 Å². The number of aliphatic hydroxyl groups excluding tert-OH is 1. The highest BCUT2D eigenvalue weighted by atomic mass is 16.3.